The highest BCUT2D eigenvalue weighted by atomic mass is 32.1. The molecular weight excluding hydrogens is 292 g/mol. The second-order valence-corrected chi connectivity index (χ2v) is 5.88. The van der Waals surface area contributed by atoms with Crippen LogP contribution in [0.4, 0.5) is 0 Å². The summed E-state index contributed by atoms with van der Waals surface area (Å²) in [6.45, 7) is 0.483. The maximum Gasteiger partial charge on any atom is 0.226 e. The molecule has 4 nitrogen and oxygen atoms in total. The van der Waals surface area contributed by atoms with Crippen LogP contribution in [0.5, 0.6) is 0 Å². The van der Waals surface area contributed by atoms with E-state index in [1.165, 1.54) is 0 Å². The predicted molar refractivity (Wildman–Crippen MR) is 79.7 cm³/mol. The first-order valence-electron chi connectivity index (χ1n) is 6.06. The molecule has 3 aromatic rings. The molecule has 1 N–H and O–H groups in total. The van der Waals surface area contributed by atoms with Gasteiger partial charge in [-0.1, -0.05) is 0 Å². The van der Waals surface area contributed by atoms with Gasteiger partial charge in [0.2, 0.25) is 5.91 Å². The van der Waals surface area contributed by atoms with Crippen LogP contribution in [0.25, 0.3) is 10.6 Å². The number of hydrogen-bond donors (Lipinski definition) is 1. The molecule has 0 bridgehead atoms. The number of carbonyl (C=O) groups excluding carboxylic acids is 1. The molecule has 0 aliphatic rings. The smallest absolute Gasteiger partial charge is 0.226 e. The topological polar surface area (TPSA) is 55.1 Å². The van der Waals surface area contributed by atoms with Crippen molar-refractivity contribution in [2.45, 2.75) is 13.0 Å². The normalized spacial score (nSPS) is 10.6. The summed E-state index contributed by atoms with van der Waals surface area (Å²) in [5, 5.41) is 9.82. The average Bonchev–Trinajstić information content (AvgIpc) is 3.18. The van der Waals surface area contributed by atoms with Crippen LogP contribution >= 0.6 is 22.7 Å². The van der Waals surface area contributed by atoms with Crippen molar-refractivity contribution in [2.75, 3.05) is 0 Å². The predicted octanol–water partition coefficient (Wildman–Crippen LogP) is 3.32. The van der Waals surface area contributed by atoms with Gasteiger partial charge in [0, 0.05) is 28.4 Å². The molecule has 0 atom stereocenters. The molecule has 0 unspecified atom stereocenters. The summed E-state index contributed by atoms with van der Waals surface area (Å²) in [7, 11) is 0. The lowest BCUT2D eigenvalue weighted by Gasteiger charge is -2.01. The van der Waals surface area contributed by atoms with Gasteiger partial charge in [-0.2, -0.15) is 11.3 Å². The zero-order valence-electron chi connectivity index (χ0n) is 10.5. The largest absolute Gasteiger partial charge is 0.472 e. The van der Waals surface area contributed by atoms with Crippen molar-refractivity contribution in [3.8, 4) is 10.6 Å². The number of thiophene rings is 1. The second-order valence-electron chi connectivity index (χ2n) is 4.24. The Morgan fingerprint density at radius 2 is 2.30 bits per heavy atom. The van der Waals surface area contributed by atoms with E-state index >= 15 is 0 Å². The minimum Gasteiger partial charge on any atom is -0.472 e. The van der Waals surface area contributed by atoms with Gasteiger partial charge in [-0.05, 0) is 17.5 Å². The molecule has 102 valence electrons. The monoisotopic (exact) mass is 304 g/mol. The molecule has 0 aromatic carbocycles. The molecule has 0 saturated heterocycles. The van der Waals surface area contributed by atoms with Crippen molar-refractivity contribution in [3.05, 3.63) is 52.1 Å². The fraction of sp³-hybridized carbons (Fsp3) is 0.143. The van der Waals surface area contributed by atoms with Crippen molar-refractivity contribution in [1.82, 2.24) is 10.3 Å². The number of aromatic nitrogens is 1. The van der Waals surface area contributed by atoms with Gasteiger partial charge < -0.3 is 9.73 Å². The van der Waals surface area contributed by atoms with Crippen LogP contribution in [0, 0.1) is 0 Å². The van der Waals surface area contributed by atoms with Crippen LogP contribution in [0.3, 0.4) is 0 Å². The fourth-order valence-electron chi connectivity index (χ4n) is 1.73. The number of hydrogen-bond acceptors (Lipinski definition) is 5. The summed E-state index contributed by atoms with van der Waals surface area (Å²) < 4.78 is 4.95. The van der Waals surface area contributed by atoms with Crippen molar-refractivity contribution in [1.29, 1.82) is 0 Å². The molecule has 0 saturated carbocycles. The molecule has 6 heteroatoms. The van der Waals surface area contributed by atoms with E-state index in [-0.39, 0.29) is 5.91 Å². The molecule has 0 radical (unpaired) electrons. The van der Waals surface area contributed by atoms with Crippen LogP contribution in [-0.4, -0.2) is 10.9 Å². The van der Waals surface area contributed by atoms with E-state index in [2.05, 4.69) is 15.7 Å². The lowest BCUT2D eigenvalue weighted by Crippen LogP contribution is -2.24. The molecule has 0 spiro atoms. The zero-order chi connectivity index (χ0) is 13.8. The standard InChI is InChI=1S/C14H12N2O2S2/c17-13(15-6-10-1-3-18-7-10)5-12-9-20-14(16-12)11-2-4-19-8-11/h1-4,7-9H,5-6H2,(H,15,17). The fourth-order valence-corrected chi connectivity index (χ4v) is 3.26. The summed E-state index contributed by atoms with van der Waals surface area (Å²) >= 11 is 3.21. The van der Waals surface area contributed by atoms with Crippen molar-refractivity contribution >= 4 is 28.6 Å². The number of carbonyl (C=O) groups is 1. The van der Waals surface area contributed by atoms with Gasteiger partial charge in [0.05, 0.1) is 24.6 Å². The van der Waals surface area contributed by atoms with Crippen LogP contribution in [0.15, 0.2) is 45.2 Å². The summed E-state index contributed by atoms with van der Waals surface area (Å²) in [5.74, 6) is -0.0339. The molecule has 1 amide bonds. The summed E-state index contributed by atoms with van der Waals surface area (Å²) in [6.07, 6.45) is 3.52. The van der Waals surface area contributed by atoms with Crippen LogP contribution in [-0.2, 0) is 17.8 Å². The van der Waals surface area contributed by atoms with Crippen molar-refractivity contribution in [2.24, 2.45) is 0 Å². The van der Waals surface area contributed by atoms with E-state index in [1.54, 1.807) is 35.2 Å². The van der Waals surface area contributed by atoms with Crippen molar-refractivity contribution in [3.63, 3.8) is 0 Å². The third kappa shape index (κ3) is 3.15. The molecule has 3 rings (SSSR count). The second kappa shape index (κ2) is 6.02. The van der Waals surface area contributed by atoms with Crippen LogP contribution in [0.2, 0.25) is 0 Å². The Bertz CT molecular complexity index is 672. The van der Waals surface area contributed by atoms with Crippen LogP contribution in [0.1, 0.15) is 11.3 Å². The van der Waals surface area contributed by atoms with E-state index in [1.807, 2.05) is 22.9 Å². The first-order chi connectivity index (χ1) is 9.81. The van der Waals surface area contributed by atoms with E-state index in [0.717, 1.165) is 21.8 Å². The highest BCUT2D eigenvalue weighted by Crippen LogP contribution is 2.25. The molecule has 0 aliphatic heterocycles. The van der Waals surface area contributed by atoms with Gasteiger partial charge >= 0.3 is 0 Å². The van der Waals surface area contributed by atoms with Gasteiger partial charge in [0.15, 0.2) is 0 Å². The highest BCUT2D eigenvalue weighted by molar-refractivity contribution is 7.14. The van der Waals surface area contributed by atoms with E-state index in [4.69, 9.17) is 4.42 Å². The maximum absolute atomic E-state index is 11.8. The van der Waals surface area contributed by atoms with Crippen LogP contribution < -0.4 is 5.32 Å². The number of nitrogens with zero attached hydrogens (tertiary/aromatic N) is 1. The first kappa shape index (κ1) is 13.1. The minimum atomic E-state index is -0.0339. The zero-order valence-corrected chi connectivity index (χ0v) is 12.2. The highest BCUT2D eigenvalue weighted by Gasteiger charge is 2.09. The summed E-state index contributed by atoms with van der Waals surface area (Å²) in [5.41, 5.74) is 2.88. The molecule has 3 heterocycles. The van der Waals surface area contributed by atoms with Gasteiger partial charge in [0.1, 0.15) is 5.01 Å². The number of rotatable bonds is 5. The maximum atomic E-state index is 11.8. The quantitative estimate of drug-likeness (QED) is 0.786. The third-order valence-electron chi connectivity index (χ3n) is 2.73. The number of thiazole rings is 1. The Labute approximate surface area is 124 Å². The number of nitrogens with one attached hydrogen (secondary N) is 1. The third-order valence-corrected chi connectivity index (χ3v) is 4.35. The molecule has 3 aromatic heterocycles. The minimum absolute atomic E-state index is 0.0339. The Morgan fingerprint density at radius 3 is 3.05 bits per heavy atom. The first-order valence-corrected chi connectivity index (χ1v) is 7.88. The average molecular weight is 304 g/mol. The van der Waals surface area contributed by atoms with E-state index in [0.29, 0.717) is 13.0 Å². The van der Waals surface area contributed by atoms with E-state index < -0.39 is 0 Å². The molecule has 0 aliphatic carbocycles. The summed E-state index contributed by atoms with van der Waals surface area (Å²) in [6, 6.07) is 3.87. The van der Waals surface area contributed by atoms with Gasteiger partial charge in [-0.3, -0.25) is 4.79 Å². The number of furan rings is 1. The Kier molecular flexibility index (Phi) is 3.94. The van der Waals surface area contributed by atoms with Gasteiger partial charge in [-0.25, -0.2) is 4.98 Å². The van der Waals surface area contributed by atoms with E-state index in [9.17, 15) is 4.79 Å². The summed E-state index contributed by atoms with van der Waals surface area (Å²) in [4.78, 5) is 16.3. The lowest BCUT2D eigenvalue weighted by molar-refractivity contribution is -0.120. The van der Waals surface area contributed by atoms with Gasteiger partial charge in [0.25, 0.3) is 0 Å². The molecular formula is C14H12N2O2S2. The molecule has 0 fully saturated rings. The SMILES string of the molecule is O=C(Cc1csc(-c2ccsc2)n1)NCc1ccoc1. The Balaban J connectivity index is 1.56. The Hall–Kier alpha value is -1.92. The molecule has 20 heavy (non-hydrogen) atoms. The van der Waals surface area contributed by atoms with Crippen molar-refractivity contribution < 1.29 is 9.21 Å². The number of amides is 1. The Morgan fingerprint density at radius 1 is 1.35 bits per heavy atom. The van der Waals surface area contributed by atoms with Gasteiger partial charge in [-0.15, -0.1) is 11.3 Å². The lowest BCUT2D eigenvalue weighted by atomic mass is 10.3.